The Morgan fingerprint density at radius 1 is 1.46 bits per heavy atom. The third-order valence-corrected chi connectivity index (χ3v) is 3.72. The molecule has 0 bridgehead atoms. The lowest BCUT2D eigenvalue weighted by atomic mass is 9.91. The molecule has 2 aliphatic heterocycles. The van der Waals surface area contributed by atoms with Gasteiger partial charge in [0.25, 0.3) is 0 Å². The molecule has 2 rings (SSSR count). The summed E-state index contributed by atoms with van der Waals surface area (Å²) in [5.74, 6) is 1.13. The molecule has 2 fully saturated rings. The number of hydrogen-bond acceptors (Lipinski definition) is 1. The Balaban J connectivity index is 2.23. The van der Waals surface area contributed by atoms with Crippen molar-refractivity contribution in [2.75, 3.05) is 6.54 Å². The van der Waals surface area contributed by atoms with E-state index < -0.39 is 0 Å². The first-order valence-corrected chi connectivity index (χ1v) is 5.09. The molecule has 2 aliphatic rings. The minimum atomic E-state index is 0.239. The molecule has 13 heavy (non-hydrogen) atoms. The van der Waals surface area contributed by atoms with Crippen molar-refractivity contribution >= 4 is 5.91 Å². The van der Waals surface area contributed by atoms with Gasteiger partial charge in [0, 0.05) is 18.5 Å². The maximum atomic E-state index is 11.8. The van der Waals surface area contributed by atoms with Gasteiger partial charge in [-0.3, -0.25) is 4.79 Å². The fourth-order valence-electron chi connectivity index (χ4n) is 2.52. The van der Waals surface area contributed by atoms with Crippen molar-refractivity contribution in [2.45, 2.75) is 33.2 Å². The van der Waals surface area contributed by atoms with Crippen LogP contribution in [-0.4, -0.2) is 23.4 Å². The van der Waals surface area contributed by atoms with Gasteiger partial charge in [-0.15, -0.1) is 0 Å². The van der Waals surface area contributed by atoms with E-state index in [2.05, 4.69) is 31.7 Å². The van der Waals surface area contributed by atoms with Gasteiger partial charge in [0.2, 0.25) is 5.91 Å². The van der Waals surface area contributed by atoms with Gasteiger partial charge in [-0.05, 0) is 19.3 Å². The normalized spacial score (nSPS) is 41.8. The Bertz CT molecular complexity index is 269. The number of nitrogens with zero attached hydrogens (tertiary/aromatic N) is 1. The van der Waals surface area contributed by atoms with Crippen LogP contribution in [0, 0.1) is 11.8 Å². The maximum Gasteiger partial charge on any atom is 0.226 e. The van der Waals surface area contributed by atoms with Gasteiger partial charge < -0.3 is 4.90 Å². The molecule has 0 aromatic rings. The maximum absolute atomic E-state index is 11.8. The minimum absolute atomic E-state index is 0.239. The molecule has 1 amide bonds. The van der Waals surface area contributed by atoms with E-state index in [-0.39, 0.29) is 5.92 Å². The Labute approximate surface area is 79.6 Å². The van der Waals surface area contributed by atoms with Crippen LogP contribution in [0.5, 0.6) is 0 Å². The second-order valence-corrected chi connectivity index (χ2v) is 4.33. The van der Waals surface area contributed by atoms with E-state index in [1.165, 1.54) is 5.57 Å². The first-order valence-electron chi connectivity index (χ1n) is 5.09. The Kier molecular flexibility index (Phi) is 1.94. The molecule has 2 unspecified atom stereocenters. The average molecular weight is 179 g/mol. The number of allylic oxidation sites excluding steroid dienone is 1. The van der Waals surface area contributed by atoms with Crippen LogP contribution in [0.1, 0.15) is 27.2 Å². The van der Waals surface area contributed by atoms with Gasteiger partial charge in [-0.25, -0.2) is 0 Å². The molecular weight excluding hydrogens is 162 g/mol. The minimum Gasteiger partial charge on any atom is -0.335 e. The molecule has 2 saturated heterocycles. The van der Waals surface area contributed by atoms with E-state index in [0.717, 1.165) is 13.0 Å². The van der Waals surface area contributed by atoms with Gasteiger partial charge in [0.05, 0.1) is 0 Å². The van der Waals surface area contributed by atoms with Gasteiger partial charge in [0.15, 0.2) is 0 Å². The third kappa shape index (κ3) is 1.11. The molecule has 3 atom stereocenters. The highest BCUT2D eigenvalue weighted by Gasteiger charge is 2.46. The SMILES string of the molecule is C/C=C1\C[C@H]2C(C)C(C)C(=O)N2C1. The van der Waals surface area contributed by atoms with Crippen LogP contribution < -0.4 is 0 Å². The topological polar surface area (TPSA) is 20.3 Å². The summed E-state index contributed by atoms with van der Waals surface area (Å²) in [6, 6.07) is 0.494. The first kappa shape index (κ1) is 8.79. The molecule has 0 radical (unpaired) electrons. The predicted octanol–water partition coefficient (Wildman–Crippen LogP) is 1.82. The number of hydrogen-bond donors (Lipinski definition) is 0. The van der Waals surface area contributed by atoms with Crippen LogP contribution in [0.25, 0.3) is 0 Å². The zero-order valence-corrected chi connectivity index (χ0v) is 8.58. The van der Waals surface area contributed by atoms with E-state index in [4.69, 9.17) is 0 Å². The zero-order chi connectivity index (χ0) is 9.59. The van der Waals surface area contributed by atoms with E-state index in [1.54, 1.807) is 0 Å². The van der Waals surface area contributed by atoms with E-state index in [1.807, 2.05) is 0 Å². The molecule has 0 aromatic heterocycles. The predicted molar refractivity (Wildman–Crippen MR) is 52.2 cm³/mol. The third-order valence-electron chi connectivity index (χ3n) is 3.72. The van der Waals surface area contributed by atoms with Crippen LogP contribution in [0.2, 0.25) is 0 Å². The number of fused-ring (bicyclic) bond motifs is 1. The van der Waals surface area contributed by atoms with Gasteiger partial charge in [-0.1, -0.05) is 25.5 Å². The molecule has 0 aliphatic carbocycles. The molecule has 72 valence electrons. The second kappa shape index (κ2) is 2.86. The van der Waals surface area contributed by atoms with Crippen LogP contribution in [0.3, 0.4) is 0 Å². The summed E-state index contributed by atoms with van der Waals surface area (Å²) in [5, 5.41) is 0. The van der Waals surface area contributed by atoms with Gasteiger partial charge in [-0.2, -0.15) is 0 Å². The van der Waals surface area contributed by atoms with Crippen LogP contribution in [0.4, 0.5) is 0 Å². The van der Waals surface area contributed by atoms with Gasteiger partial charge >= 0.3 is 0 Å². The van der Waals surface area contributed by atoms with E-state index in [0.29, 0.717) is 17.9 Å². The summed E-state index contributed by atoms with van der Waals surface area (Å²) < 4.78 is 0. The summed E-state index contributed by atoms with van der Waals surface area (Å²) in [4.78, 5) is 13.8. The molecule has 2 heterocycles. The molecule has 0 spiro atoms. The lowest BCUT2D eigenvalue weighted by Crippen LogP contribution is -2.28. The highest BCUT2D eigenvalue weighted by atomic mass is 16.2. The summed E-state index contributed by atoms with van der Waals surface area (Å²) in [6.45, 7) is 7.21. The van der Waals surface area contributed by atoms with E-state index in [9.17, 15) is 4.79 Å². The van der Waals surface area contributed by atoms with Crippen LogP contribution in [-0.2, 0) is 4.79 Å². The first-order chi connectivity index (χ1) is 6.15. The number of carbonyl (C=O) groups excluding carboxylic acids is 1. The summed E-state index contributed by atoms with van der Waals surface area (Å²) >= 11 is 0. The van der Waals surface area contributed by atoms with Crippen LogP contribution in [0.15, 0.2) is 11.6 Å². The van der Waals surface area contributed by atoms with Crippen molar-refractivity contribution in [3.05, 3.63) is 11.6 Å². The molecule has 0 saturated carbocycles. The van der Waals surface area contributed by atoms with Crippen LogP contribution >= 0.6 is 0 Å². The quantitative estimate of drug-likeness (QED) is 0.519. The highest BCUT2D eigenvalue weighted by molar-refractivity contribution is 5.82. The number of carbonyl (C=O) groups is 1. The largest absolute Gasteiger partial charge is 0.335 e. The monoisotopic (exact) mass is 179 g/mol. The smallest absolute Gasteiger partial charge is 0.226 e. The van der Waals surface area contributed by atoms with Crippen molar-refractivity contribution in [2.24, 2.45) is 11.8 Å². The Hall–Kier alpha value is -0.790. The van der Waals surface area contributed by atoms with Crippen molar-refractivity contribution < 1.29 is 4.79 Å². The highest BCUT2D eigenvalue weighted by Crippen LogP contribution is 2.38. The Morgan fingerprint density at radius 3 is 2.69 bits per heavy atom. The summed E-state index contributed by atoms with van der Waals surface area (Å²) in [7, 11) is 0. The summed E-state index contributed by atoms with van der Waals surface area (Å²) in [6.07, 6.45) is 3.26. The standard InChI is InChI=1S/C11H17NO/c1-4-9-5-10-7(2)8(3)11(13)12(10)6-9/h4,7-8,10H,5-6H2,1-3H3/b9-4+/t7?,8?,10-/m0/s1. The lowest BCUT2D eigenvalue weighted by Gasteiger charge is -2.16. The average Bonchev–Trinajstić information content (AvgIpc) is 2.64. The van der Waals surface area contributed by atoms with Gasteiger partial charge in [0.1, 0.15) is 0 Å². The lowest BCUT2D eigenvalue weighted by molar-refractivity contribution is -0.130. The van der Waals surface area contributed by atoms with Crippen molar-refractivity contribution in [3.63, 3.8) is 0 Å². The zero-order valence-electron chi connectivity index (χ0n) is 8.58. The fourth-order valence-corrected chi connectivity index (χ4v) is 2.52. The fraction of sp³-hybridized carbons (Fsp3) is 0.727. The molecule has 0 aromatic carbocycles. The molecule has 2 heteroatoms. The number of amides is 1. The second-order valence-electron chi connectivity index (χ2n) is 4.33. The molecule has 2 nitrogen and oxygen atoms in total. The van der Waals surface area contributed by atoms with Crippen molar-refractivity contribution in [3.8, 4) is 0 Å². The molecular formula is C11H17NO. The van der Waals surface area contributed by atoms with E-state index >= 15 is 0 Å². The Morgan fingerprint density at radius 2 is 2.15 bits per heavy atom. The van der Waals surface area contributed by atoms with Crippen molar-refractivity contribution in [1.82, 2.24) is 4.90 Å². The molecule has 0 N–H and O–H groups in total. The van der Waals surface area contributed by atoms with Crippen molar-refractivity contribution in [1.29, 1.82) is 0 Å². The summed E-state index contributed by atoms with van der Waals surface area (Å²) in [5.41, 5.74) is 1.43. The number of rotatable bonds is 0.